The smallest absolute Gasteiger partial charge is 0.251 e. The highest BCUT2D eigenvalue weighted by Gasteiger charge is 2.11. The first kappa shape index (κ1) is 21.4. The van der Waals surface area contributed by atoms with Gasteiger partial charge >= 0.3 is 0 Å². The Morgan fingerprint density at radius 1 is 0.867 bits per heavy atom. The van der Waals surface area contributed by atoms with Crippen molar-refractivity contribution in [3.05, 3.63) is 95.1 Å². The third-order valence-electron chi connectivity index (χ3n) is 4.64. The zero-order valence-corrected chi connectivity index (χ0v) is 17.7. The molecule has 3 aromatic rings. The fourth-order valence-corrected chi connectivity index (χ4v) is 3.08. The van der Waals surface area contributed by atoms with Gasteiger partial charge in [-0.25, -0.2) is 0 Å². The summed E-state index contributed by atoms with van der Waals surface area (Å²) in [5.41, 5.74) is 3.90. The first-order valence-electron chi connectivity index (χ1n) is 9.90. The Labute approximate surface area is 178 Å². The SMILES string of the molecule is COc1cc(C(=O)NCc2ccc(CN(C)C)cc2)ccc1OCc1ccccc1. The van der Waals surface area contributed by atoms with Crippen LogP contribution in [-0.4, -0.2) is 32.0 Å². The van der Waals surface area contributed by atoms with Gasteiger partial charge in [-0.05, 0) is 49.0 Å². The van der Waals surface area contributed by atoms with Crippen molar-refractivity contribution in [1.82, 2.24) is 10.2 Å². The normalized spacial score (nSPS) is 10.7. The number of amides is 1. The third kappa shape index (κ3) is 6.09. The van der Waals surface area contributed by atoms with Crippen molar-refractivity contribution in [1.29, 1.82) is 0 Å². The van der Waals surface area contributed by atoms with Crippen LogP contribution in [0, 0.1) is 0 Å². The van der Waals surface area contributed by atoms with Crippen molar-refractivity contribution in [2.45, 2.75) is 19.7 Å². The summed E-state index contributed by atoms with van der Waals surface area (Å²) in [5.74, 6) is 0.987. The molecule has 0 fully saturated rings. The van der Waals surface area contributed by atoms with Gasteiger partial charge in [0.1, 0.15) is 6.61 Å². The molecule has 156 valence electrons. The summed E-state index contributed by atoms with van der Waals surface area (Å²) in [5, 5.41) is 2.96. The fourth-order valence-electron chi connectivity index (χ4n) is 3.08. The van der Waals surface area contributed by atoms with Crippen molar-refractivity contribution < 1.29 is 14.3 Å². The summed E-state index contributed by atoms with van der Waals surface area (Å²) < 4.78 is 11.3. The highest BCUT2D eigenvalue weighted by atomic mass is 16.5. The molecule has 0 saturated heterocycles. The number of methoxy groups -OCH3 is 1. The van der Waals surface area contributed by atoms with E-state index in [1.165, 1.54) is 5.56 Å². The van der Waals surface area contributed by atoms with E-state index in [2.05, 4.69) is 22.3 Å². The minimum absolute atomic E-state index is 0.153. The van der Waals surface area contributed by atoms with E-state index < -0.39 is 0 Å². The average molecular weight is 405 g/mol. The van der Waals surface area contributed by atoms with Gasteiger partial charge in [0.25, 0.3) is 5.91 Å². The van der Waals surface area contributed by atoms with Gasteiger partial charge in [0, 0.05) is 18.7 Å². The zero-order valence-electron chi connectivity index (χ0n) is 17.7. The summed E-state index contributed by atoms with van der Waals surface area (Å²) in [7, 11) is 5.66. The van der Waals surface area contributed by atoms with Gasteiger partial charge in [0.15, 0.2) is 11.5 Å². The molecule has 3 rings (SSSR count). The van der Waals surface area contributed by atoms with Crippen molar-refractivity contribution >= 4 is 5.91 Å². The summed E-state index contributed by atoms with van der Waals surface area (Å²) in [6.45, 7) is 1.80. The topological polar surface area (TPSA) is 50.8 Å². The number of carbonyl (C=O) groups is 1. The molecule has 0 spiro atoms. The highest BCUT2D eigenvalue weighted by molar-refractivity contribution is 5.94. The number of benzene rings is 3. The Bertz CT molecular complexity index is 954. The molecule has 0 aromatic heterocycles. The van der Waals surface area contributed by atoms with E-state index in [9.17, 15) is 4.79 Å². The molecule has 1 amide bonds. The van der Waals surface area contributed by atoms with E-state index in [4.69, 9.17) is 9.47 Å². The molecule has 0 saturated carbocycles. The van der Waals surface area contributed by atoms with E-state index in [0.717, 1.165) is 17.7 Å². The maximum Gasteiger partial charge on any atom is 0.251 e. The Balaban J connectivity index is 1.59. The highest BCUT2D eigenvalue weighted by Crippen LogP contribution is 2.29. The molecule has 0 unspecified atom stereocenters. The monoisotopic (exact) mass is 404 g/mol. The Morgan fingerprint density at radius 3 is 2.23 bits per heavy atom. The van der Waals surface area contributed by atoms with Crippen molar-refractivity contribution in [3.63, 3.8) is 0 Å². The van der Waals surface area contributed by atoms with Gasteiger partial charge in [-0.3, -0.25) is 4.79 Å². The lowest BCUT2D eigenvalue weighted by Crippen LogP contribution is -2.22. The molecule has 3 aromatic carbocycles. The van der Waals surface area contributed by atoms with Crippen LogP contribution in [0.2, 0.25) is 0 Å². The van der Waals surface area contributed by atoms with Gasteiger partial charge in [-0.15, -0.1) is 0 Å². The van der Waals surface area contributed by atoms with Crippen LogP contribution >= 0.6 is 0 Å². The largest absolute Gasteiger partial charge is 0.493 e. The predicted octanol–water partition coefficient (Wildman–Crippen LogP) is 4.27. The molecule has 0 aliphatic rings. The van der Waals surface area contributed by atoms with Gasteiger partial charge < -0.3 is 19.7 Å². The van der Waals surface area contributed by atoms with Gasteiger partial charge in [0.2, 0.25) is 0 Å². The third-order valence-corrected chi connectivity index (χ3v) is 4.64. The van der Waals surface area contributed by atoms with Crippen molar-refractivity contribution in [2.24, 2.45) is 0 Å². The van der Waals surface area contributed by atoms with Crippen molar-refractivity contribution in [3.8, 4) is 11.5 Å². The van der Waals surface area contributed by atoms with Crippen LogP contribution in [0.4, 0.5) is 0 Å². The second-order valence-electron chi connectivity index (χ2n) is 7.38. The van der Waals surface area contributed by atoms with E-state index >= 15 is 0 Å². The number of hydrogen-bond donors (Lipinski definition) is 1. The summed E-state index contributed by atoms with van der Waals surface area (Å²) in [6.07, 6.45) is 0. The lowest BCUT2D eigenvalue weighted by atomic mass is 10.1. The van der Waals surface area contributed by atoms with E-state index in [1.807, 2.05) is 56.6 Å². The molecule has 5 nitrogen and oxygen atoms in total. The number of rotatable bonds is 9. The maximum absolute atomic E-state index is 12.6. The molecule has 0 atom stereocenters. The van der Waals surface area contributed by atoms with Gasteiger partial charge in [-0.1, -0.05) is 54.6 Å². The average Bonchev–Trinajstić information content (AvgIpc) is 2.77. The van der Waals surface area contributed by atoms with Crippen LogP contribution in [0.25, 0.3) is 0 Å². The molecule has 0 aliphatic carbocycles. The zero-order chi connectivity index (χ0) is 21.3. The molecule has 0 bridgehead atoms. The van der Waals surface area contributed by atoms with E-state index in [-0.39, 0.29) is 5.91 Å². The Morgan fingerprint density at radius 2 is 1.57 bits per heavy atom. The van der Waals surface area contributed by atoms with Gasteiger partial charge in [0.05, 0.1) is 7.11 Å². The molecular weight excluding hydrogens is 376 g/mol. The molecule has 1 N–H and O–H groups in total. The van der Waals surface area contributed by atoms with Crippen molar-refractivity contribution in [2.75, 3.05) is 21.2 Å². The standard InChI is InChI=1S/C25H28N2O3/c1-27(2)17-20-11-9-19(10-12-20)16-26-25(28)22-13-14-23(24(15-22)29-3)30-18-21-7-5-4-6-8-21/h4-15H,16-18H2,1-3H3,(H,26,28). The number of hydrogen-bond acceptors (Lipinski definition) is 4. The number of nitrogens with zero attached hydrogens (tertiary/aromatic N) is 1. The van der Waals surface area contributed by atoms with Crippen LogP contribution in [0.15, 0.2) is 72.8 Å². The lowest BCUT2D eigenvalue weighted by molar-refractivity contribution is 0.0950. The minimum Gasteiger partial charge on any atom is -0.493 e. The first-order valence-corrected chi connectivity index (χ1v) is 9.90. The quantitative estimate of drug-likeness (QED) is 0.579. The van der Waals surface area contributed by atoms with Gasteiger partial charge in [-0.2, -0.15) is 0 Å². The van der Waals surface area contributed by atoms with Crippen LogP contribution in [0.3, 0.4) is 0 Å². The molecule has 30 heavy (non-hydrogen) atoms. The number of carbonyl (C=O) groups excluding carboxylic acids is 1. The van der Waals surface area contributed by atoms with Crippen LogP contribution in [-0.2, 0) is 19.7 Å². The Hall–Kier alpha value is -3.31. The number of ether oxygens (including phenoxy) is 2. The molecule has 0 radical (unpaired) electrons. The number of nitrogens with one attached hydrogen (secondary N) is 1. The minimum atomic E-state index is -0.153. The summed E-state index contributed by atoms with van der Waals surface area (Å²) in [4.78, 5) is 14.7. The predicted molar refractivity (Wildman–Crippen MR) is 119 cm³/mol. The van der Waals surface area contributed by atoms with E-state index in [0.29, 0.717) is 30.2 Å². The second-order valence-corrected chi connectivity index (χ2v) is 7.38. The van der Waals surface area contributed by atoms with Crippen LogP contribution in [0.5, 0.6) is 11.5 Å². The summed E-state index contributed by atoms with van der Waals surface area (Å²) >= 11 is 0. The van der Waals surface area contributed by atoms with Crippen LogP contribution < -0.4 is 14.8 Å². The first-order chi connectivity index (χ1) is 14.5. The van der Waals surface area contributed by atoms with Crippen LogP contribution in [0.1, 0.15) is 27.0 Å². The Kier molecular flexibility index (Phi) is 7.46. The van der Waals surface area contributed by atoms with E-state index in [1.54, 1.807) is 25.3 Å². The molecule has 0 aliphatic heterocycles. The molecule has 0 heterocycles. The molecular formula is C25H28N2O3. The second kappa shape index (κ2) is 10.5. The molecule has 5 heteroatoms. The maximum atomic E-state index is 12.6. The lowest BCUT2D eigenvalue weighted by Gasteiger charge is -2.13. The fraction of sp³-hybridized carbons (Fsp3) is 0.240. The summed E-state index contributed by atoms with van der Waals surface area (Å²) in [6, 6.07) is 23.4.